The number of carbonyl (C=O) groups excluding carboxylic acids is 1. The van der Waals surface area contributed by atoms with Crippen molar-refractivity contribution < 1.29 is 4.79 Å². The zero-order valence-corrected chi connectivity index (χ0v) is 9.52. The average Bonchev–Trinajstić information content (AvgIpc) is 2.71. The lowest BCUT2D eigenvalue weighted by atomic mass is 10.2. The first-order chi connectivity index (χ1) is 7.27. The second-order valence-corrected chi connectivity index (χ2v) is 4.25. The predicted molar refractivity (Wildman–Crippen MR) is 66.0 cm³/mol. The lowest BCUT2D eigenvalue weighted by Gasteiger charge is -2.04. The zero-order valence-electron chi connectivity index (χ0n) is 7.81. The van der Waals surface area contributed by atoms with Crippen molar-refractivity contribution >= 4 is 35.6 Å². The molecule has 2 rings (SSSR count). The third kappa shape index (κ3) is 2.40. The van der Waals surface area contributed by atoms with Gasteiger partial charge in [-0.2, -0.15) is 11.3 Å². The number of carbonyl (C=O) groups is 1. The Kier molecular flexibility index (Phi) is 3.08. The molecule has 1 aromatic carbocycles. The molecule has 0 bridgehead atoms. The van der Waals surface area contributed by atoms with Gasteiger partial charge in [-0.3, -0.25) is 4.79 Å². The van der Waals surface area contributed by atoms with Gasteiger partial charge in [-0.05, 0) is 23.6 Å². The molecule has 2 nitrogen and oxygen atoms in total. The number of anilines is 1. The maximum Gasteiger partial charge on any atom is 0.256 e. The molecule has 76 valence electrons. The summed E-state index contributed by atoms with van der Waals surface area (Å²) in [7, 11) is 0. The predicted octanol–water partition coefficient (Wildman–Crippen LogP) is 3.29. The molecule has 1 aromatic heterocycles. The molecule has 2 aromatic rings. The van der Waals surface area contributed by atoms with Crippen molar-refractivity contribution in [2.75, 3.05) is 5.32 Å². The third-order valence-corrected chi connectivity index (χ3v) is 3.00. The molecule has 0 saturated heterocycles. The van der Waals surface area contributed by atoms with Crippen LogP contribution in [0.25, 0.3) is 0 Å². The van der Waals surface area contributed by atoms with Gasteiger partial charge >= 0.3 is 0 Å². The fourth-order valence-corrected chi connectivity index (χ4v) is 2.05. The second kappa shape index (κ2) is 4.51. The lowest BCUT2D eigenvalue weighted by Crippen LogP contribution is -2.11. The van der Waals surface area contributed by atoms with E-state index in [9.17, 15) is 4.79 Å². The lowest BCUT2D eigenvalue weighted by molar-refractivity contribution is 0.102. The van der Waals surface area contributed by atoms with Gasteiger partial charge < -0.3 is 5.32 Å². The summed E-state index contributed by atoms with van der Waals surface area (Å²) in [6.45, 7) is 0. The SMILES string of the molecule is O=C(Nc1ccsc1)c1ccccc1S. The highest BCUT2D eigenvalue weighted by molar-refractivity contribution is 7.80. The van der Waals surface area contributed by atoms with Crippen LogP contribution in [0.5, 0.6) is 0 Å². The van der Waals surface area contributed by atoms with Crippen LogP contribution in [-0.4, -0.2) is 5.91 Å². The van der Waals surface area contributed by atoms with Crippen molar-refractivity contribution in [1.29, 1.82) is 0 Å². The third-order valence-electron chi connectivity index (χ3n) is 1.93. The molecule has 0 saturated carbocycles. The largest absolute Gasteiger partial charge is 0.321 e. The number of thiophene rings is 1. The molecule has 4 heteroatoms. The molecule has 0 unspecified atom stereocenters. The summed E-state index contributed by atoms with van der Waals surface area (Å²) in [6.07, 6.45) is 0. The Bertz CT molecular complexity index is 465. The number of nitrogens with one attached hydrogen (secondary N) is 1. The van der Waals surface area contributed by atoms with E-state index in [4.69, 9.17) is 0 Å². The molecule has 1 N–H and O–H groups in total. The number of thiol groups is 1. The van der Waals surface area contributed by atoms with Crippen LogP contribution in [0.3, 0.4) is 0 Å². The Labute approximate surface area is 97.4 Å². The van der Waals surface area contributed by atoms with E-state index >= 15 is 0 Å². The molecule has 15 heavy (non-hydrogen) atoms. The van der Waals surface area contributed by atoms with Crippen molar-refractivity contribution in [2.24, 2.45) is 0 Å². The van der Waals surface area contributed by atoms with Crippen LogP contribution in [-0.2, 0) is 0 Å². The van der Waals surface area contributed by atoms with Gasteiger partial charge in [-0.15, -0.1) is 12.6 Å². The van der Waals surface area contributed by atoms with Crippen LogP contribution in [0.4, 0.5) is 5.69 Å². The van der Waals surface area contributed by atoms with E-state index in [2.05, 4.69) is 17.9 Å². The molecule has 0 atom stereocenters. The summed E-state index contributed by atoms with van der Waals surface area (Å²) < 4.78 is 0. The standard InChI is InChI=1S/C11H9NOS2/c13-11(12-8-5-6-15-7-8)9-3-1-2-4-10(9)14/h1-7,14H,(H,12,13). The monoisotopic (exact) mass is 235 g/mol. The number of hydrogen-bond acceptors (Lipinski definition) is 3. The first kappa shape index (κ1) is 10.3. The van der Waals surface area contributed by atoms with Crippen molar-refractivity contribution in [3.8, 4) is 0 Å². The van der Waals surface area contributed by atoms with Crippen molar-refractivity contribution in [3.05, 3.63) is 46.7 Å². The molecule has 0 radical (unpaired) electrons. The molecular weight excluding hydrogens is 226 g/mol. The van der Waals surface area contributed by atoms with Gasteiger partial charge in [0.1, 0.15) is 0 Å². The number of amides is 1. The van der Waals surface area contributed by atoms with E-state index in [1.54, 1.807) is 23.5 Å². The Morgan fingerprint density at radius 2 is 2.07 bits per heavy atom. The summed E-state index contributed by atoms with van der Waals surface area (Å²) in [5.41, 5.74) is 1.41. The first-order valence-corrected chi connectivity index (χ1v) is 5.78. The van der Waals surface area contributed by atoms with Gasteiger partial charge in [-0.1, -0.05) is 12.1 Å². The molecule has 0 aliphatic rings. The molecule has 0 fully saturated rings. The van der Waals surface area contributed by atoms with E-state index in [1.165, 1.54) is 0 Å². The van der Waals surface area contributed by atoms with Crippen LogP contribution in [0.15, 0.2) is 46.0 Å². The summed E-state index contributed by atoms with van der Waals surface area (Å²) in [4.78, 5) is 12.5. The Balaban J connectivity index is 2.19. The van der Waals surface area contributed by atoms with Gasteiger partial charge in [0.25, 0.3) is 5.91 Å². The number of benzene rings is 1. The quantitative estimate of drug-likeness (QED) is 0.768. The van der Waals surface area contributed by atoms with Gasteiger partial charge in [0.2, 0.25) is 0 Å². The zero-order chi connectivity index (χ0) is 10.7. The summed E-state index contributed by atoms with van der Waals surface area (Å²) in [6, 6.07) is 9.09. The molecule has 0 aliphatic carbocycles. The van der Waals surface area contributed by atoms with E-state index in [0.717, 1.165) is 5.69 Å². The van der Waals surface area contributed by atoms with Crippen LogP contribution < -0.4 is 5.32 Å². The van der Waals surface area contributed by atoms with Crippen LogP contribution >= 0.6 is 24.0 Å². The van der Waals surface area contributed by atoms with E-state index in [-0.39, 0.29) is 5.91 Å². The highest BCUT2D eigenvalue weighted by atomic mass is 32.1. The van der Waals surface area contributed by atoms with Crippen molar-refractivity contribution in [3.63, 3.8) is 0 Å². The summed E-state index contributed by atoms with van der Waals surface area (Å²) in [5.74, 6) is -0.126. The van der Waals surface area contributed by atoms with E-state index in [0.29, 0.717) is 10.5 Å². The molecular formula is C11H9NOS2. The smallest absolute Gasteiger partial charge is 0.256 e. The fraction of sp³-hybridized carbons (Fsp3) is 0. The van der Waals surface area contributed by atoms with Crippen LogP contribution in [0.1, 0.15) is 10.4 Å². The summed E-state index contributed by atoms with van der Waals surface area (Å²) in [5, 5.41) is 6.61. The van der Waals surface area contributed by atoms with Gasteiger partial charge in [-0.25, -0.2) is 0 Å². The number of rotatable bonds is 2. The Morgan fingerprint density at radius 3 is 2.73 bits per heavy atom. The Morgan fingerprint density at radius 1 is 1.27 bits per heavy atom. The molecule has 1 heterocycles. The highest BCUT2D eigenvalue weighted by Crippen LogP contribution is 2.17. The van der Waals surface area contributed by atoms with E-state index < -0.39 is 0 Å². The highest BCUT2D eigenvalue weighted by Gasteiger charge is 2.08. The van der Waals surface area contributed by atoms with E-state index in [1.807, 2.05) is 29.0 Å². The minimum Gasteiger partial charge on any atom is -0.321 e. The van der Waals surface area contributed by atoms with Crippen molar-refractivity contribution in [1.82, 2.24) is 0 Å². The average molecular weight is 235 g/mol. The van der Waals surface area contributed by atoms with Crippen LogP contribution in [0.2, 0.25) is 0 Å². The normalized spacial score (nSPS) is 9.93. The minimum atomic E-state index is -0.126. The summed E-state index contributed by atoms with van der Waals surface area (Å²) >= 11 is 5.78. The van der Waals surface area contributed by atoms with Crippen LogP contribution in [0, 0.1) is 0 Å². The topological polar surface area (TPSA) is 29.1 Å². The molecule has 1 amide bonds. The van der Waals surface area contributed by atoms with Gasteiger partial charge in [0.15, 0.2) is 0 Å². The number of hydrogen-bond donors (Lipinski definition) is 2. The first-order valence-electron chi connectivity index (χ1n) is 4.39. The molecule has 0 aliphatic heterocycles. The van der Waals surface area contributed by atoms with Gasteiger partial charge in [0.05, 0.1) is 11.3 Å². The minimum absolute atomic E-state index is 0.126. The van der Waals surface area contributed by atoms with Gasteiger partial charge in [0, 0.05) is 10.3 Å². The second-order valence-electron chi connectivity index (χ2n) is 2.98. The maximum atomic E-state index is 11.8. The maximum absolute atomic E-state index is 11.8. The molecule has 0 spiro atoms. The Hall–Kier alpha value is -1.26. The fourth-order valence-electron chi connectivity index (χ4n) is 1.20. The van der Waals surface area contributed by atoms with Crippen molar-refractivity contribution in [2.45, 2.75) is 4.90 Å².